The predicted molar refractivity (Wildman–Crippen MR) is 73.1 cm³/mol. The van der Waals surface area contributed by atoms with Crippen molar-refractivity contribution in [1.82, 2.24) is 5.32 Å². The Labute approximate surface area is 106 Å². The van der Waals surface area contributed by atoms with Crippen LogP contribution in [-0.2, 0) is 4.79 Å². The second kappa shape index (κ2) is 5.73. The van der Waals surface area contributed by atoms with Crippen LogP contribution >= 0.6 is 11.8 Å². The van der Waals surface area contributed by atoms with E-state index in [9.17, 15) is 4.79 Å². The highest BCUT2D eigenvalue weighted by Crippen LogP contribution is 2.30. The fourth-order valence-corrected chi connectivity index (χ4v) is 2.66. The molecule has 1 amide bonds. The van der Waals surface area contributed by atoms with Crippen molar-refractivity contribution in [1.29, 1.82) is 0 Å². The van der Waals surface area contributed by atoms with Crippen LogP contribution in [0.5, 0.6) is 0 Å². The quantitative estimate of drug-likeness (QED) is 0.863. The highest BCUT2D eigenvalue weighted by atomic mass is 32.2. The molecule has 1 aromatic rings. The van der Waals surface area contributed by atoms with Crippen LogP contribution in [0.4, 0.5) is 0 Å². The summed E-state index contributed by atoms with van der Waals surface area (Å²) in [5.41, 5.74) is 2.59. The Kier molecular flexibility index (Phi) is 4.04. The van der Waals surface area contributed by atoms with Crippen molar-refractivity contribution >= 4 is 23.2 Å². The van der Waals surface area contributed by atoms with E-state index in [2.05, 4.69) is 28.9 Å². The number of thioether (sulfide) groups is 1. The van der Waals surface area contributed by atoms with E-state index in [1.807, 2.05) is 18.2 Å². The van der Waals surface area contributed by atoms with Gasteiger partial charge in [0.1, 0.15) is 0 Å². The summed E-state index contributed by atoms with van der Waals surface area (Å²) in [5, 5.41) is 5.90. The summed E-state index contributed by atoms with van der Waals surface area (Å²) in [6.45, 7) is 1.54. The van der Waals surface area contributed by atoms with Gasteiger partial charge < -0.3 is 5.32 Å². The Morgan fingerprint density at radius 3 is 2.76 bits per heavy atom. The maximum absolute atomic E-state index is 11.0. The zero-order chi connectivity index (χ0) is 12.1. The summed E-state index contributed by atoms with van der Waals surface area (Å²) in [4.78, 5) is 11.0. The molecular formula is C14H15NOS. The number of nitrogens with one attached hydrogen (secondary N) is 1. The smallest absolute Gasteiger partial charge is 0.221 e. The van der Waals surface area contributed by atoms with Gasteiger partial charge in [0, 0.05) is 6.92 Å². The third-order valence-corrected chi connectivity index (χ3v) is 3.44. The fourth-order valence-electron chi connectivity index (χ4n) is 1.72. The minimum atomic E-state index is -0.0136. The standard InChI is InChI=1S/C14H15NOS/c1-11(16)15-14-9-5-8-13(10-17-14)12-6-3-2-4-7-12/h2-4,6-7,9-10H,5,8H2,1H3,(H,15,16). The van der Waals surface area contributed by atoms with Crippen LogP contribution in [0.2, 0.25) is 0 Å². The maximum atomic E-state index is 11.0. The van der Waals surface area contributed by atoms with E-state index in [0.717, 1.165) is 17.9 Å². The Morgan fingerprint density at radius 2 is 2.06 bits per heavy atom. The highest BCUT2D eigenvalue weighted by Gasteiger charge is 2.07. The molecule has 1 aliphatic heterocycles. The van der Waals surface area contributed by atoms with Gasteiger partial charge in [-0.25, -0.2) is 0 Å². The van der Waals surface area contributed by atoms with Gasteiger partial charge in [-0.3, -0.25) is 4.79 Å². The molecule has 0 saturated carbocycles. The minimum Gasteiger partial charge on any atom is -0.321 e. The average molecular weight is 245 g/mol. The van der Waals surface area contributed by atoms with Gasteiger partial charge in [0.25, 0.3) is 0 Å². The van der Waals surface area contributed by atoms with E-state index >= 15 is 0 Å². The molecule has 2 rings (SSSR count). The van der Waals surface area contributed by atoms with E-state index < -0.39 is 0 Å². The number of benzene rings is 1. The number of allylic oxidation sites excluding steroid dienone is 2. The molecule has 0 saturated heterocycles. The zero-order valence-electron chi connectivity index (χ0n) is 9.77. The monoisotopic (exact) mass is 245 g/mol. The molecule has 88 valence electrons. The Bertz CT molecular complexity index is 462. The highest BCUT2D eigenvalue weighted by molar-refractivity contribution is 8.05. The first-order valence-corrected chi connectivity index (χ1v) is 6.52. The summed E-state index contributed by atoms with van der Waals surface area (Å²) in [5.74, 6) is -0.0136. The first-order valence-electron chi connectivity index (χ1n) is 5.64. The van der Waals surface area contributed by atoms with Crippen LogP contribution in [0.1, 0.15) is 25.3 Å². The largest absolute Gasteiger partial charge is 0.321 e. The van der Waals surface area contributed by atoms with E-state index in [1.165, 1.54) is 18.1 Å². The van der Waals surface area contributed by atoms with Crippen LogP contribution in [-0.4, -0.2) is 5.91 Å². The van der Waals surface area contributed by atoms with Gasteiger partial charge in [-0.15, -0.1) is 0 Å². The molecule has 0 fully saturated rings. The number of carbonyl (C=O) groups is 1. The van der Waals surface area contributed by atoms with Crippen LogP contribution in [0.25, 0.3) is 5.57 Å². The molecule has 2 nitrogen and oxygen atoms in total. The molecule has 1 aliphatic rings. The molecule has 1 heterocycles. The SMILES string of the molecule is CC(=O)NC1=CCCC(c2ccccc2)=CS1. The van der Waals surface area contributed by atoms with Crippen LogP contribution in [0.15, 0.2) is 46.8 Å². The van der Waals surface area contributed by atoms with E-state index in [1.54, 1.807) is 11.8 Å². The molecule has 0 spiro atoms. The summed E-state index contributed by atoms with van der Waals surface area (Å²) in [6.07, 6.45) is 4.06. The number of rotatable bonds is 2. The summed E-state index contributed by atoms with van der Waals surface area (Å²) in [6, 6.07) is 10.4. The van der Waals surface area contributed by atoms with Gasteiger partial charge in [0.2, 0.25) is 5.91 Å². The lowest BCUT2D eigenvalue weighted by molar-refractivity contribution is -0.118. The zero-order valence-corrected chi connectivity index (χ0v) is 10.6. The van der Waals surface area contributed by atoms with Crippen molar-refractivity contribution in [3.63, 3.8) is 0 Å². The van der Waals surface area contributed by atoms with E-state index in [0.29, 0.717) is 0 Å². The van der Waals surface area contributed by atoms with Crippen molar-refractivity contribution in [3.05, 3.63) is 52.4 Å². The molecule has 0 radical (unpaired) electrons. The van der Waals surface area contributed by atoms with Crippen molar-refractivity contribution in [3.8, 4) is 0 Å². The fraction of sp³-hybridized carbons (Fsp3) is 0.214. The Morgan fingerprint density at radius 1 is 1.29 bits per heavy atom. The van der Waals surface area contributed by atoms with Crippen molar-refractivity contribution in [2.24, 2.45) is 0 Å². The third kappa shape index (κ3) is 3.49. The molecule has 0 atom stereocenters. The van der Waals surface area contributed by atoms with Crippen molar-refractivity contribution in [2.45, 2.75) is 19.8 Å². The van der Waals surface area contributed by atoms with Gasteiger partial charge in [-0.1, -0.05) is 48.2 Å². The maximum Gasteiger partial charge on any atom is 0.221 e. The average Bonchev–Trinajstić information content (AvgIpc) is 2.55. The molecule has 3 heteroatoms. The normalized spacial score (nSPS) is 15.6. The second-order valence-electron chi connectivity index (χ2n) is 3.92. The third-order valence-electron chi connectivity index (χ3n) is 2.52. The molecule has 1 N–H and O–H groups in total. The lowest BCUT2D eigenvalue weighted by Crippen LogP contribution is -2.16. The molecule has 0 aromatic heterocycles. The Balaban J connectivity index is 2.10. The lowest BCUT2D eigenvalue weighted by atomic mass is 10.0. The number of amides is 1. The number of carbonyl (C=O) groups excluding carboxylic acids is 1. The van der Waals surface area contributed by atoms with Gasteiger partial charge in [-0.05, 0) is 29.4 Å². The van der Waals surface area contributed by atoms with Crippen LogP contribution in [0, 0.1) is 0 Å². The van der Waals surface area contributed by atoms with Gasteiger partial charge in [0.15, 0.2) is 0 Å². The topological polar surface area (TPSA) is 29.1 Å². The first kappa shape index (κ1) is 12.0. The lowest BCUT2D eigenvalue weighted by Gasteiger charge is -2.04. The van der Waals surface area contributed by atoms with Gasteiger partial charge in [-0.2, -0.15) is 0 Å². The Hall–Kier alpha value is -1.48. The molecule has 1 aromatic carbocycles. The number of hydrogen-bond acceptors (Lipinski definition) is 2. The summed E-state index contributed by atoms with van der Waals surface area (Å²) < 4.78 is 0. The second-order valence-corrected chi connectivity index (χ2v) is 4.83. The van der Waals surface area contributed by atoms with Crippen LogP contribution < -0.4 is 5.32 Å². The molecule has 0 unspecified atom stereocenters. The number of hydrogen-bond donors (Lipinski definition) is 1. The first-order chi connectivity index (χ1) is 8.25. The molecule has 17 heavy (non-hydrogen) atoms. The predicted octanol–water partition coefficient (Wildman–Crippen LogP) is 3.53. The van der Waals surface area contributed by atoms with Gasteiger partial charge >= 0.3 is 0 Å². The molecule has 0 bridgehead atoms. The van der Waals surface area contributed by atoms with Crippen LogP contribution in [0.3, 0.4) is 0 Å². The van der Waals surface area contributed by atoms with Crippen molar-refractivity contribution < 1.29 is 4.79 Å². The molecule has 0 aliphatic carbocycles. The summed E-state index contributed by atoms with van der Waals surface area (Å²) >= 11 is 1.58. The molecular weight excluding hydrogens is 230 g/mol. The van der Waals surface area contributed by atoms with E-state index in [4.69, 9.17) is 0 Å². The van der Waals surface area contributed by atoms with E-state index in [-0.39, 0.29) is 5.91 Å². The summed E-state index contributed by atoms with van der Waals surface area (Å²) in [7, 11) is 0. The van der Waals surface area contributed by atoms with Crippen molar-refractivity contribution in [2.75, 3.05) is 0 Å². The minimum absolute atomic E-state index is 0.0136. The van der Waals surface area contributed by atoms with Gasteiger partial charge in [0.05, 0.1) is 5.03 Å².